The van der Waals surface area contributed by atoms with E-state index in [9.17, 15) is 0 Å². The monoisotopic (exact) mass is 281 g/mol. The van der Waals surface area contributed by atoms with Gasteiger partial charge in [-0.25, -0.2) is 8.53 Å². The largest absolute Gasteiger partial charge is 0.830 e. The fraction of sp³-hybridized carbons (Fsp3) is 0. The van der Waals surface area contributed by atoms with Crippen molar-refractivity contribution in [2.75, 3.05) is 0 Å². The quantitative estimate of drug-likeness (QED) is 0.397. The Bertz CT molecular complexity index is 728. The van der Waals surface area contributed by atoms with Gasteiger partial charge in [0.25, 0.3) is 0 Å². The third kappa shape index (κ3) is 2.33. The van der Waals surface area contributed by atoms with E-state index in [1.54, 1.807) is 0 Å². The van der Waals surface area contributed by atoms with Gasteiger partial charge < -0.3 is 15.3 Å². The van der Waals surface area contributed by atoms with E-state index >= 15 is 0 Å². The predicted octanol–water partition coefficient (Wildman–Crippen LogP) is 2.48. The van der Waals surface area contributed by atoms with E-state index in [-0.39, 0.29) is 0 Å². The Kier molecular flexibility index (Phi) is 3.51. The van der Waals surface area contributed by atoms with E-state index in [2.05, 4.69) is 66.2 Å². The minimum absolute atomic E-state index is 1.34. The van der Waals surface area contributed by atoms with Crippen LogP contribution < -0.4 is 15.3 Å². The van der Waals surface area contributed by atoms with Gasteiger partial charge in [0.15, 0.2) is 0 Å². The molecule has 0 bridgehead atoms. The highest BCUT2D eigenvalue weighted by Crippen LogP contribution is 2.33. The van der Waals surface area contributed by atoms with Crippen LogP contribution in [0.5, 0.6) is 0 Å². The van der Waals surface area contributed by atoms with E-state index in [0.717, 1.165) is 0 Å². The number of nitrogens with two attached hydrogens (primary N) is 1. The van der Waals surface area contributed by atoms with Crippen molar-refractivity contribution in [3.63, 3.8) is 0 Å². The molecule has 0 aliphatic rings. The summed E-state index contributed by atoms with van der Waals surface area (Å²) in [5.41, 5.74) is 4.06. The molecule has 100 valence electrons. The summed E-state index contributed by atoms with van der Waals surface area (Å²) in [4.78, 5) is 17.6. The molecule has 3 nitrogen and oxygen atoms in total. The summed E-state index contributed by atoms with van der Waals surface area (Å²) in [5, 5.41) is 8.14. The lowest BCUT2D eigenvalue weighted by Gasteiger charge is -2.22. The SMILES string of the molecule is NP([O-])[O-].c1cc2ccc3cccc4ccc(c1)c2c34. The van der Waals surface area contributed by atoms with Crippen molar-refractivity contribution in [2.24, 2.45) is 5.50 Å². The Hall–Kier alpha value is -1.77. The topological polar surface area (TPSA) is 72.1 Å². The molecule has 4 aromatic rings. The van der Waals surface area contributed by atoms with Crippen molar-refractivity contribution in [1.82, 2.24) is 0 Å². The maximum atomic E-state index is 8.81. The number of benzene rings is 4. The summed E-state index contributed by atoms with van der Waals surface area (Å²) >= 11 is 0. The van der Waals surface area contributed by atoms with Crippen LogP contribution >= 0.6 is 8.53 Å². The average Bonchev–Trinajstić information content (AvgIpc) is 2.44. The zero-order valence-corrected chi connectivity index (χ0v) is 11.5. The second-order valence-corrected chi connectivity index (χ2v) is 5.15. The van der Waals surface area contributed by atoms with Crippen molar-refractivity contribution in [3.05, 3.63) is 60.7 Å². The van der Waals surface area contributed by atoms with Crippen molar-refractivity contribution >= 4 is 40.8 Å². The van der Waals surface area contributed by atoms with Crippen LogP contribution in [0.15, 0.2) is 60.7 Å². The van der Waals surface area contributed by atoms with Crippen LogP contribution in [0.25, 0.3) is 32.3 Å². The van der Waals surface area contributed by atoms with Crippen molar-refractivity contribution in [2.45, 2.75) is 0 Å². The molecule has 0 heterocycles. The van der Waals surface area contributed by atoms with Crippen LogP contribution in [0.3, 0.4) is 0 Å². The molecule has 0 unspecified atom stereocenters. The lowest BCUT2D eigenvalue weighted by Crippen LogP contribution is -2.14. The summed E-state index contributed by atoms with van der Waals surface area (Å²) in [5.74, 6) is 0. The Morgan fingerprint density at radius 2 is 0.850 bits per heavy atom. The van der Waals surface area contributed by atoms with Gasteiger partial charge in [-0.15, -0.1) is 0 Å². The third-order valence-corrected chi connectivity index (χ3v) is 3.39. The van der Waals surface area contributed by atoms with Gasteiger partial charge in [0.2, 0.25) is 0 Å². The first-order valence-corrected chi connectivity index (χ1v) is 7.43. The van der Waals surface area contributed by atoms with E-state index in [1.807, 2.05) is 0 Å². The summed E-state index contributed by atoms with van der Waals surface area (Å²) < 4.78 is 0. The van der Waals surface area contributed by atoms with E-state index in [4.69, 9.17) is 9.79 Å². The molecule has 4 heteroatoms. The second-order valence-electron chi connectivity index (χ2n) is 4.57. The van der Waals surface area contributed by atoms with Crippen LogP contribution in [-0.2, 0) is 0 Å². The molecule has 4 aromatic carbocycles. The molecule has 0 aliphatic carbocycles. The third-order valence-electron chi connectivity index (χ3n) is 3.39. The van der Waals surface area contributed by atoms with Gasteiger partial charge in [0.05, 0.1) is 0 Å². The van der Waals surface area contributed by atoms with Crippen LogP contribution in [0.1, 0.15) is 0 Å². The molecule has 0 saturated heterocycles. The first-order chi connectivity index (χ1) is 9.66. The maximum Gasteiger partial charge on any atom is -0.00268 e. The van der Waals surface area contributed by atoms with E-state index < -0.39 is 8.53 Å². The highest BCUT2D eigenvalue weighted by molar-refractivity contribution is 7.39. The number of hydrogen-bond acceptors (Lipinski definition) is 3. The van der Waals surface area contributed by atoms with Gasteiger partial charge in [-0.05, 0) is 32.3 Å². The van der Waals surface area contributed by atoms with Crippen molar-refractivity contribution in [1.29, 1.82) is 0 Å². The van der Waals surface area contributed by atoms with Gasteiger partial charge in [0.1, 0.15) is 0 Å². The highest BCUT2D eigenvalue weighted by atomic mass is 31.2. The van der Waals surface area contributed by atoms with Crippen LogP contribution in [0, 0.1) is 0 Å². The normalized spacial score (nSPS) is 11.2. The molecule has 0 aromatic heterocycles. The average molecular weight is 281 g/mol. The molecule has 20 heavy (non-hydrogen) atoms. The van der Waals surface area contributed by atoms with Gasteiger partial charge in [-0.3, -0.25) is 0 Å². The Balaban J connectivity index is 0.000000272. The molecular formula is C16H12NO2P-2. The minimum atomic E-state index is -2.62. The molecule has 0 atom stereocenters. The van der Waals surface area contributed by atoms with Crippen LogP contribution in [-0.4, -0.2) is 0 Å². The van der Waals surface area contributed by atoms with Crippen molar-refractivity contribution in [3.8, 4) is 0 Å². The van der Waals surface area contributed by atoms with Gasteiger partial charge in [0, 0.05) is 0 Å². The maximum absolute atomic E-state index is 8.81. The Morgan fingerprint density at radius 3 is 1.10 bits per heavy atom. The minimum Gasteiger partial charge on any atom is -0.830 e. The highest BCUT2D eigenvalue weighted by Gasteiger charge is 2.05. The van der Waals surface area contributed by atoms with Gasteiger partial charge in [-0.1, -0.05) is 60.7 Å². The zero-order chi connectivity index (χ0) is 14.1. The fourth-order valence-corrected chi connectivity index (χ4v) is 2.67. The van der Waals surface area contributed by atoms with Crippen LogP contribution in [0.4, 0.5) is 0 Å². The summed E-state index contributed by atoms with van der Waals surface area (Å²) in [6, 6.07) is 21.9. The van der Waals surface area contributed by atoms with Crippen LogP contribution in [0.2, 0.25) is 0 Å². The Morgan fingerprint density at radius 1 is 0.600 bits per heavy atom. The smallest absolute Gasteiger partial charge is 0.00268 e. The lowest BCUT2D eigenvalue weighted by molar-refractivity contribution is -0.292. The van der Waals surface area contributed by atoms with Crippen molar-refractivity contribution < 1.29 is 9.79 Å². The second kappa shape index (κ2) is 5.31. The first-order valence-electron chi connectivity index (χ1n) is 6.18. The molecule has 0 spiro atoms. The van der Waals surface area contributed by atoms with Gasteiger partial charge >= 0.3 is 0 Å². The molecule has 0 amide bonds. The zero-order valence-electron chi connectivity index (χ0n) is 10.6. The Labute approximate surface area is 117 Å². The molecule has 0 saturated carbocycles. The van der Waals surface area contributed by atoms with E-state index in [1.165, 1.54) is 32.3 Å². The molecule has 4 rings (SSSR count). The number of hydrogen-bond donors (Lipinski definition) is 1. The standard InChI is InChI=1S/C16H10.H2NO2P/c1-3-11-7-9-13-5-2-6-14-10-8-12(4-1)15(11)16(13)14;1-4(2)3/h1-10H;1H2/q;-2. The first kappa shape index (κ1) is 13.2. The fourth-order valence-electron chi connectivity index (χ4n) is 2.67. The lowest BCUT2D eigenvalue weighted by atomic mass is 9.95. The summed E-state index contributed by atoms with van der Waals surface area (Å²) in [6.07, 6.45) is 0. The molecule has 0 radical (unpaired) electrons. The molecule has 2 N–H and O–H groups in total. The predicted molar refractivity (Wildman–Crippen MR) is 81.3 cm³/mol. The van der Waals surface area contributed by atoms with E-state index in [0.29, 0.717) is 0 Å². The molecular weight excluding hydrogens is 269 g/mol. The number of rotatable bonds is 0. The van der Waals surface area contributed by atoms with Gasteiger partial charge in [-0.2, -0.15) is 0 Å². The summed E-state index contributed by atoms with van der Waals surface area (Å²) in [7, 11) is -2.62. The molecule has 0 aliphatic heterocycles. The summed E-state index contributed by atoms with van der Waals surface area (Å²) in [6.45, 7) is 0. The molecule has 0 fully saturated rings.